The number of hydrogen-bond donors (Lipinski definition) is 1. The van der Waals surface area contributed by atoms with E-state index in [4.69, 9.17) is 0 Å². The number of piperidine rings is 1. The zero-order valence-corrected chi connectivity index (χ0v) is 15.3. The zero-order chi connectivity index (χ0) is 15.7. The van der Waals surface area contributed by atoms with E-state index in [-0.39, 0.29) is 11.2 Å². The summed E-state index contributed by atoms with van der Waals surface area (Å²) >= 11 is 4.75. The van der Waals surface area contributed by atoms with E-state index in [1.54, 1.807) is 4.31 Å². The van der Waals surface area contributed by atoms with E-state index in [0.717, 1.165) is 30.2 Å². The first-order valence-corrected chi connectivity index (χ1v) is 10.7. The molecule has 5 nitrogen and oxygen atoms in total. The summed E-state index contributed by atoms with van der Waals surface area (Å²) in [6.07, 6.45) is 3.27. The third-order valence-corrected chi connectivity index (χ3v) is 8.31. The SMILES string of the molecule is O=C(NCC1CCN(S(=O)(=O)C2CC2)CC1)c1cc(Br)cs1. The summed E-state index contributed by atoms with van der Waals surface area (Å²) in [7, 11) is -3.04. The molecule has 2 heterocycles. The molecule has 3 rings (SSSR count). The van der Waals surface area contributed by atoms with Gasteiger partial charge < -0.3 is 5.32 Å². The molecule has 1 aliphatic heterocycles. The van der Waals surface area contributed by atoms with Crippen molar-refractivity contribution < 1.29 is 13.2 Å². The van der Waals surface area contributed by atoms with Crippen LogP contribution < -0.4 is 5.32 Å². The molecule has 122 valence electrons. The van der Waals surface area contributed by atoms with Crippen LogP contribution >= 0.6 is 27.3 Å². The summed E-state index contributed by atoms with van der Waals surface area (Å²) in [4.78, 5) is 12.7. The van der Waals surface area contributed by atoms with Gasteiger partial charge in [-0.15, -0.1) is 11.3 Å². The van der Waals surface area contributed by atoms with Crippen molar-refractivity contribution in [2.45, 2.75) is 30.9 Å². The van der Waals surface area contributed by atoms with E-state index in [1.807, 2.05) is 11.4 Å². The lowest BCUT2D eigenvalue weighted by Crippen LogP contribution is -2.42. The number of nitrogens with one attached hydrogen (secondary N) is 1. The highest BCUT2D eigenvalue weighted by atomic mass is 79.9. The van der Waals surface area contributed by atoms with E-state index >= 15 is 0 Å². The second-order valence-electron chi connectivity index (χ2n) is 5.93. The fraction of sp³-hybridized carbons (Fsp3) is 0.643. The minimum atomic E-state index is -3.04. The third kappa shape index (κ3) is 3.72. The van der Waals surface area contributed by atoms with Gasteiger partial charge in [0.1, 0.15) is 0 Å². The number of sulfonamides is 1. The summed E-state index contributed by atoms with van der Waals surface area (Å²) < 4.78 is 26.9. The lowest BCUT2D eigenvalue weighted by molar-refractivity contribution is 0.0945. The van der Waals surface area contributed by atoms with Crippen molar-refractivity contribution >= 4 is 43.2 Å². The Labute approximate surface area is 143 Å². The number of hydrogen-bond acceptors (Lipinski definition) is 4. The molecule has 1 aliphatic carbocycles. The number of nitrogens with zero attached hydrogens (tertiary/aromatic N) is 1. The average molecular weight is 407 g/mol. The van der Waals surface area contributed by atoms with Gasteiger partial charge >= 0.3 is 0 Å². The van der Waals surface area contributed by atoms with Crippen LogP contribution in [0.5, 0.6) is 0 Å². The molecule has 0 atom stereocenters. The molecule has 0 unspecified atom stereocenters. The van der Waals surface area contributed by atoms with Crippen LogP contribution in [0.1, 0.15) is 35.4 Å². The van der Waals surface area contributed by atoms with E-state index in [2.05, 4.69) is 21.2 Å². The maximum atomic E-state index is 12.2. The Morgan fingerprint density at radius 1 is 1.32 bits per heavy atom. The molecule has 2 aliphatic rings. The Morgan fingerprint density at radius 2 is 2.00 bits per heavy atom. The highest BCUT2D eigenvalue weighted by molar-refractivity contribution is 9.10. The van der Waals surface area contributed by atoms with Gasteiger partial charge in [0.2, 0.25) is 10.0 Å². The average Bonchev–Trinajstić information content (AvgIpc) is 3.28. The molecule has 0 radical (unpaired) electrons. The van der Waals surface area contributed by atoms with E-state index in [1.165, 1.54) is 11.3 Å². The second-order valence-corrected chi connectivity index (χ2v) is 9.97. The molecule has 1 N–H and O–H groups in total. The van der Waals surface area contributed by atoms with Crippen molar-refractivity contribution in [3.63, 3.8) is 0 Å². The standard InChI is InChI=1S/C14H19BrN2O3S2/c15-11-7-13(21-9-11)14(18)16-8-10-3-5-17(6-4-10)22(19,20)12-1-2-12/h7,9-10,12H,1-6,8H2,(H,16,18). The fourth-order valence-corrected chi connectivity index (χ4v) is 5.92. The molecule has 2 fully saturated rings. The Bertz CT molecular complexity index is 647. The molecule has 1 saturated carbocycles. The molecule has 1 saturated heterocycles. The minimum absolute atomic E-state index is 0.0521. The molecule has 22 heavy (non-hydrogen) atoms. The van der Waals surface area contributed by atoms with Gasteiger partial charge in [0.25, 0.3) is 5.91 Å². The van der Waals surface area contributed by atoms with Gasteiger partial charge in [-0.1, -0.05) is 0 Å². The Hall–Kier alpha value is -0.440. The summed E-state index contributed by atoms with van der Waals surface area (Å²) in [5.74, 6) is 0.307. The molecule has 8 heteroatoms. The molecular weight excluding hydrogens is 388 g/mol. The molecule has 1 aromatic heterocycles. The van der Waals surface area contributed by atoms with Crippen LogP contribution in [0, 0.1) is 5.92 Å². The molecular formula is C14H19BrN2O3S2. The lowest BCUT2D eigenvalue weighted by Gasteiger charge is -2.31. The van der Waals surface area contributed by atoms with Crippen LogP contribution in [0.15, 0.2) is 15.9 Å². The van der Waals surface area contributed by atoms with Crippen LogP contribution in [-0.2, 0) is 10.0 Å². The van der Waals surface area contributed by atoms with Crippen molar-refractivity contribution in [1.29, 1.82) is 0 Å². The maximum absolute atomic E-state index is 12.2. The first kappa shape index (κ1) is 16.4. The van der Waals surface area contributed by atoms with Crippen LogP contribution in [-0.4, -0.2) is 43.5 Å². The van der Waals surface area contributed by atoms with Crippen LogP contribution in [0.2, 0.25) is 0 Å². The summed E-state index contributed by atoms with van der Waals surface area (Å²) in [6.45, 7) is 1.79. The second kappa shape index (κ2) is 6.59. The normalized spacial score (nSPS) is 21.0. The van der Waals surface area contributed by atoms with E-state index in [0.29, 0.717) is 30.4 Å². The van der Waals surface area contributed by atoms with Gasteiger partial charge in [-0.05, 0) is 53.6 Å². The highest BCUT2D eigenvalue weighted by Crippen LogP contribution is 2.33. The van der Waals surface area contributed by atoms with Gasteiger partial charge in [0, 0.05) is 29.5 Å². The summed E-state index contributed by atoms with van der Waals surface area (Å²) in [5.41, 5.74) is 0. The minimum Gasteiger partial charge on any atom is -0.351 e. The van der Waals surface area contributed by atoms with Crippen molar-refractivity contribution in [2.75, 3.05) is 19.6 Å². The molecule has 0 bridgehead atoms. The summed E-state index contributed by atoms with van der Waals surface area (Å²) in [5, 5.41) is 4.71. The molecule has 1 aromatic rings. The van der Waals surface area contributed by atoms with Crippen LogP contribution in [0.4, 0.5) is 0 Å². The third-order valence-electron chi connectivity index (χ3n) is 4.22. The number of halogens is 1. The molecule has 0 aromatic carbocycles. The van der Waals surface area contributed by atoms with Crippen LogP contribution in [0.25, 0.3) is 0 Å². The number of carbonyl (C=O) groups excluding carboxylic acids is 1. The number of amides is 1. The maximum Gasteiger partial charge on any atom is 0.261 e. The highest BCUT2D eigenvalue weighted by Gasteiger charge is 2.41. The zero-order valence-electron chi connectivity index (χ0n) is 12.1. The Balaban J connectivity index is 1.45. The quantitative estimate of drug-likeness (QED) is 0.816. The summed E-state index contributed by atoms with van der Waals surface area (Å²) in [6, 6.07) is 1.81. The van der Waals surface area contributed by atoms with E-state index in [9.17, 15) is 13.2 Å². The van der Waals surface area contributed by atoms with Gasteiger partial charge in [-0.3, -0.25) is 4.79 Å². The molecule has 1 amide bonds. The number of thiophene rings is 1. The van der Waals surface area contributed by atoms with Gasteiger partial charge in [-0.25, -0.2) is 12.7 Å². The van der Waals surface area contributed by atoms with Gasteiger partial charge in [0.15, 0.2) is 0 Å². The predicted molar refractivity (Wildman–Crippen MR) is 90.6 cm³/mol. The smallest absolute Gasteiger partial charge is 0.261 e. The largest absolute Gasteiger partial charge is 0.351 e. The first-order valence-electron chi connectivity index (χ1n) is 7.48. The topological polar surface area (TPSA) is 66.5 Å². The van der Waals surface area contributed by atoms with Gasteiger partial charge in [0.05, 0.1) is 10.1 Å². The monoisotopic (exact) mass is 406 g/mol. The lowest BCUT2D eigenvalue weighted by atomic mass is 9.98. The number of rotatable bonds is 5. The Morgan fingerprint density at radius 3 is 2.55 bits per heavy atom. The van der Waals surface area contributed by atoms with Crippen molar-refractivity contribution in [1.82, 2.24) is 9.62 Å². The number of carbonyl (C=O) groups is 1. The van der Waals surface area contributed by atoms with Gasteiger partial charge in [-0.2, -0.15) is 0 Å². The first-order chi connectivity index (χ1) is 10.5. The van der Waals surface area contributed by atoms with Crippen molar-refractivity contribution in [3.8, 4) is 0 Å². The Kier molecular flexibility index (Phi) is 4.92. The predicted octanol–water partition coefficient (Wildman–Crippen LogP) is 2.44. The van der Waals surface area contributed by atoms with Crippen molar-refractivity contribution in [2.24, 2.45) is 5.92 Å². The van der Waals surface area contributed by atoms with Crippen LogP contribution in [0.3, 0.4) is 0 Å². The van der Waals surface area contributed by atoms with E-state index < -0.39 is 10.0 Å². The molecule has 0 spiro atoms. The fourth-order valence-electron chi connectivity index (χ4n) is 2.70. The van der Waals surface area contributed by atoms with Crippen molar-refractivity contribution in [3.05, 3.63) is 20.8 Å².